The van der Waals surface area contributed by atoms with Gasteiger partial charge in [-0.2, -0.15) is 0 Å². The number of ketones is 1. The Morgan fingerprint density at radius 2 is 1.43 bits per heavy atom. The van der Waals surface area contributed by atoms with Crippen LogP contribution in [0.1, 0.15) is 99.8 Å². The number of fused-ring (bicyclic) bond motifs is 2. The predicted octanol–water partition coefficient (Wildman–Crippen LogP) is 8.59. The lowest BCUT2D eigenvalue weighted by Gasteiger charge is -2.35. The summed E-state index contributed by atoms with van der Waals surface area (Å²) in [6, 6.07) is 0. The molecule has 0 aromatic carbocycles. The number of carbonyl (C=O) groups is 4. The molecule has 1 amide bonds. The highest BCUT2D eigenvalue weighted by Crippen LogP contribution is 2.33. The monoisotopic (exact) mass is 958 g/mol. The van der Waals surface area contributed by atoms with Gasteiger partial charge >= 0.3 is 11.9 Å². The van der Waals surface area contributed by atoms with Crippen molar-refractivity contribution in [2.24, 2.45) is 35.5 Å². The molecule has 0 spiro atoms. The molecule has 2 aliphatic rings. The first kappa shape index (κ1) is 60.4. The van der Waals surface area contributed by atoms with E-state index in [1.54, 1.807) is 75.2 Å². The van der Waals surface area contributed by atoms with Crippen LogP contribution in [0.5, 0.6) is 0 Å². The first-order valence-electron chi connectivity index (χ1n) is 24.3. The number of carbonyl (C=O) groups excluding carboxylic acids is 4. The Morgan fingerprint density at radius 1 is 0.794 bits per heavy atom. The maximum Gasteiger partial charge on any atom is 0.331 e. The van der Waals surface area contributed by atoms with Gasteiger partial charge in [0.25, 0.3) is 0 Å². The summed E-state index contributed by atoms with van der Waals surface area (Å²) in [4.78, 5) is 52.5. The fraction of sp³-hybridized carbons (Fsp3) is 0.704. The molecule has 15 atom stereocenters. The second-order valence-electron chi connectivity index (χ2n) is 18.9. The molecule has 0 N–H and O–H groups in total. The highest BCUT2D eigenvalue weighted by Gasteiger charge is 2.37. The lowest BCUT2D eigenvalue weighted by molar-refractivity contribution is -0.152. The summed E-state index contributed by atoms with van der Waals surface area (Å²) in [6.07, 6.45) is 20.1. The Bertz CT molecular complexity index is 1700. The standard InChI is InChI=1S/C54H87NO13/c1-35-18-16-20-51(58)68-54(41(7)53(66-15)37(3)23-26-46(57)39(5)47(63-12)19-17-27-55(8)34-56)38(4)22-25-43(60-9)32-48(64-13)36(2)21-24-44(61-10)33-49(65-14)40(6)50-30-42(31-52(59)67-50)29-45(28-35)62-11/h16-18,20-22,24-25,27,31,34,36-41,43-45,47-50,53-54H,19,23,26,28-30,32-33H2,1-15H3/b20-16+,24-21-,25-22+,27-17-,35-18-/t36-,37+,38-,39+,40-,41?,43-,44-,45+,47-,48-,49+,50+,53+,54?/m0/s1. The fourth-order valence-corrected chi connectivity index (χ4v) is 9.37. The molecule has 0 aliphatic carbocycles. The van der Waals surface area contributed by atoms with Gasteiger partial charge in [-0.15, -0.1) is 0 Å². The fourth-order valence-electron chi connectivity index (χ4n) is 9.37. The SMILES string of the molecule is CO[C@H]1CC2=CC(=O)O[C@H](C2)[C@@H](C)[C@H](OC)C[C@@H](OC)/C=C\[C@H](C)[C@@H](OC)C[C@@H](OC)/C=C/[C@H](C)C(C(C)[C@H](OC)[C@H](C)CCC(=O)[C@@H](C)[C@H](C/C=C\N(C)C=O)OC)OC(=O)/C=C/C=C(/C)C1. The van der Waals surface area contributed by atoms with Gasteiger partial charge in [0, 0.05) is 130 Å². The van der Waals surface area contributed by atoms with E-state index in [1.807, 2.05) is 65.0 Å². The van der Waals surface area contributed by atoms with Crippen LogP contribution in [0.25, 0.3) is 0 Å². The second-order valence-corrected chi connectivity index (χ2v) is 18.9. The number of hydrogen-bond donors (Lipinski definition) is 0. The van der Waals surface area contributed by atoms with Gasteiger partial charge in [0.05, 0.1) is 42.7 Å². The Hall–Kier alpha value is -3.76. The molecule has 2 heterocycles. The Kier molecular flexibility index (Phi) is 28.6. The van der Waals surface area contributed by atoms with Gasteiger partial charge in [0.2, 0.25) is 6.41 Å². The van der Waals surface area contributed by atoms with Crippen molar-refractivity contribution in [3.63, 3.8) is 0 Å². The van der Waals surface area contributed by atoms with Crippen molar-refractivity contribution in [1.82, 2.24) is 4.90 Å². The third kappa shape index (κ3) is 20.3. The lowest BCUT2D eigenvalue weighted by Crippen LogP contribution is -2.41. The summed E-state index contributed by atoms with van der Waals surface area (Å²) in [5.41, 5.74) is 1.93. The number of esters is 2. The highest BCUT2D eigenvalue weighted by atomic mass is 16.6. The number of amides is 1. The van der Waals surface area contributed by atoms with Crippen molar-refractivity contribution in [2.75, 3.05) is 56.8 Å². The van der Waals surface area contributed by atoms with Crippen molar-refractivity contribution >= 4 is 24.1 Å². The number of methoxy groups -OCH3 is 7. The second kappa shape index (κ2) is 32.2. The molecule has 14 nitrogen and oxygen atoms in total. The van der Waals surface area contributed by atoms with E-state index in [0.29, 0.717) is 57.8 Å². The van der Waals surface area contributed by atoms with E-state index in [1.165, 1.54) is 11.0 Å². The lowest BCUT2D eigenvalue weighted by atomic mass is 9.81. The minimum absolute atomic E-state index is 0.0107. The molecular weight excluding hydrogens is 871 g/mol. The zero-order valence-electron chi connectivity index (χ0n) is 43.9. The van der Waals surface area contributed by atoms with Gasteiger partial charge in [0.1, 0.15) is 18.0 Å². The average Bonchev–Trinajstić information content (AvgIpc) is 3.32. The molecule has 0 aromatic heterocycles. The van der Waals surface area contributed by atoms with Crippen molar-refractivity contribution in [1.29, 1.82) is 0 Å². The normalized spacial score (nSPS) is 31.9. The van der Waals surface area contributed by atoms with Crippen LogP contribution in [-0.4, -0.2) is 141 Å². The van der Waals surface area contributed by atoms with Crippen LogP contribution in [0.3, 0.4) is 0 Å². The van der Waals surface area contributed by atoms with Crippen LogP contribution in [0.2, 0.25) is 0 Å². The molecule has 0 fully saturated rings. The topological polar surface area (TPSA) is 155 Å². The van der Waals surface area contributed by atoms with Crippen LogP contribution in [0.4, 0.5) is 0 Å². The molecule has 0 aromatic rings. The Labute approximate surface area is 408 Å². The van der Waals surface area contributed by atoms with Crippen molar-refractivity contribution in [3.8, 4) is 0 Å². The minimum atomic E-state index is -0.609. The number of allylic oxidation sites excluding steroid dienone is 2. The van der Waals surface area contributed by atoms with Crippen molar-refractivity contribution in [3.05, 3.63) is 72.0 Å². The van der Waals surface area contributed by atoms with Crippen molar-refractivity contribution < 1.29 is 61.8 Å². The van der Waals surface area contributed by atoms with Crippen LogP contribution in [-0.2, 0) is 61.8 Å². The van der Waals surface area contributed by atoms with E-state index in [0.717, 1.165) is 11.1 Å². The molecule has 0 saturated carbocycles. The van der Waals surface area contributed by atoms with E-state index in [-0.39, 0.29) is 96.1 Å². The zero-order valence-corrected chi connectivity index (χ0v) is 43.9. The first-order valence-corrected chi connectivity index (χ1v) is 24.3. The average molecular weight is 958 g/mol. The number of Topliss-reactive ketones (excluding diaryl/α,β-unsaturated/α-hetero) is 1. The van der Waals surface area contributed by atoms with Gasteiger partial charge in [-0.1, -0.05) is 95.2 Å². The Balaban J connectivity index is 2.49. The summed E-state index contributed by atoms with van der Waals surface area (Å²) >= 11 is 0. The molecule has 386 valence electrons. The van der Waals surface area contributed by atoms with Crippen molar-refractivity contribution in [2.45, 2.75) is 155 Å². The molecule has 0 saturated heterocycles. The molecule has 14 heteroatoms. The number of ether oxygens (including phenoxy) is 9. The highest BCUT2D eigenvalue weighted by molar-refractivity contribution is 5.84. The van der Waals surface area contributed by atoms with Gasteiger partial charge in [-0.05, 0) is 38.5 Å². The van der Waals surface area contributed by atoms with Gasteiger partial charge in [0.15, 0.2) is 0 Å². The number of rotatable bonds is 19. The third-order valence-electron chi connectivity index (χ3n) is 13.9. The third-order valence-corrected chi connectivity index (χ3v) is 13.9. The van der Waals surface area contributed by atoms with E-state index < -0.39 is 12.1 Å². The summed E-state index contributed by atoms with van der Waals surface area (Å²) in [5.74, 6) is -1.91. The summed E-state index contributed by atoms with van der Waals surface area (Å²) in [6.45, 7) is 14.1. The summed E-state index contributed by atoms with van der Waals surface area (Å²) in [5, 5.41) is 0. The molecule has 2 aliphatic heterocycles. The molecular formula is C54H87NO13. The molecule has 2 rings (SSSR count). The van der Waals surface area contributed by atoms with Gasteiger partial charge in [-0.3, -0.25) is 9.59 Å². The number of nitrogens with zero attached hydrogens (tertiary/aromatic N) is 1. The van der Waals surface area contributed by atoms with Crippen LogP contribution in [0, 0.1) is 35.5 Å². The largest absolute Gasteiger partial charge is 0.458 e. The quantitative estimate of drug-likeness (QED) is 0.0691. The molecule has 2 bridgehead atoms. The maximum absolute atomic E-state index is 13.7. The first-order chi connectivity index (χ1) is 32.4. The minimum Gasteiger partial charge on any atom is -0.458 e. The number of cyclic esters (lactones) is 1. The van der Waals surface area contributed by atoms with E-state index in [4.69, 9.17) is 42.6 Å². The van der Waals surface area contributed by atoms with Crippen LogP contribution in [0.15, 0.2) is 72.0 Å². The zero-order chi connectivity index (χ0) is 50.9. The van der Waals surface area contributed by atoms with E-state index in [2.05, 4.69) is 19.9 Å². The summed E-state index contributed by atoms with van der Waals surface area (Å²) < 4.78 is 53.8. The smallest absolute Gasteiger partial charge is 0.331 e. The van der Waals surface area contributed by atoms with Crippen LogP contribution < -0.4 is 0 Å². The van der Waals surface area contributed by atoms with Gasteiger partial charge in [-0.25, -0.2) is 9.59 Å². The molecule has 68 heavy (non-hydrogen) atoms. The Morgan fingerprint density at radius 3 is 2.00 bits per heavy atom. The van der Waals surface area contributed by atoms with Gasteiger partial charge < -0.3 is 47.5 Å². The van der Waals surface area contributed by atoms with E-state index in [9.17, 15) is 19.2 Å². The molecule has 0 radical (unpaired) electrons. The van der Waals surface area contributed by atoms with E-state index >= 15 is 0 Å². The predicted molar refractivity (Wildman–Crippen MR) is 264 cm³/mol. The maximum atomic E-state index is 13.7. The molecule has 2 unspecified atom stereocenters. The summed E-state index contributed by atoms with van der Waals surface area (Å²) in [7, 11) is 13.3. The number of hydrogen-bond acceptors (Lipinski definition) is 13. The van der Waals surface area contributed by atoms with Crippen LogP contribution >= 0.6 is 0 Å².